The fourth-order valence-electron chi connectivity index (χ4n) is 3.64. The van der Waals surface area contributed by atoms with Gasteiger partial charge in [-0.3, -0.25) is 14.0 Å². The molecule has 2 aromatic carbocycles. The van der Waals surface area contributed by atoms with Crippen LogP contribution >= 0.6 is 11.8 Å². The molecule has 0 atom stereocenters. The van der Waals surface area contributed by atoms with Gasteiger partial charge in [0.05, 0.1) is 18.0 Å². The largest absolute Gasteiger partial charge is 0.351 e. The van der Waals surface area contributed by atoms with Crippen molar-refractivity contribution in [3.8, 4) is 5.69 Å². The Kier molecular flexibility index (Phi) is 6.75. The molecule has 32 heavy (non-hydrogen) atoms. The molecule has 0 saturated carbocycles. The normalized spacial score (nSPS) is 11.0. The van der Waals surface area contributed by atoms with Crippen LogP contribution in [-0.2, 0) is 17.9 Å². The molecule has 7 heteroatoms. The number of nitrogens with one attached hydrogen (secondary N) is 1. The Balaban J connectivity index is 1.35. The Hall–Kier alpha value is -3.32. The van der Waals surface area contributed by atoms with Crippen molar-refractivity contribution in [3.63, 3.8) is 0 Å². The lowest BCUT2D eigenvalue weighted by molar-refractivity contribution is -0.118. The molecular formula is C25H27N5OS. The second-order valence-electron chi connectivity index (χ2n) is 7.78. The summed E-state index contributed by atoms with van der Waals surface area (Å²) in [5, 5.41) is 8.51. The second kappa shape index (κ2) is 9.87. The molecule has 0 aliphatic heterocycles. The molecule has 0 unspecified atom stereocenters. The number of carbonyl (C=O) groups is 1. The van der Waals surface area contributed by atoms with E-state index < -0.39 is 0 Å². The zero-order chi connectivity index (χ0) is 22.5. The van der Waals surface area contributed by atoms with Gasteiger partial charge in [0.15, 0.2) is 5.16 Å². The zero-order valence-corrected chi connectivity index (χ0v) is 19.4. The number of rotatable bonds is 8. The fourth-order valence-corrected chi connectivity index (χ4v) is 4.44. The Bertz CT molecular complexity index is 1210. The number of aryl methyl sites for hydroxylation is 2. The van der Waals surface area contributed by atoms with Crippen molar-refractivity contribution in [1.29, 1.82) is 0 Å². The van der Waals surface area contributed by atoms with Gasteiger partial charge in [0, 0.05) is 35.9 Å². The molecule has 2 aromatic heterocycles. The van der Waals surface area contributed by atoms with E-state index in [1.807, 2.05) is 52.7 Å². The van der Waals surface area contributed by atoms with Crippen LogP contribution in [-0.4, -0.2) is 31.0 Å². The Morgan fingerprint density at radius 2 is 1.88 bits per heavy atom. The molecule has 1 amide bonds. The van der Waals surface area contributed by atoms with E-state index in [1.54, 1.807) is 6.20 Å². The molecule has 0 radical (unpaired) electrons. The van der Waals surface area contributed by atoms with E-state index in [1.165, 1.54) is 22.9 Å². The van der Waals surface area contributed by atoms with E-state index in [-0.39, 0.29) is 5.91 Å². The first-order valence-corrected chi connectivity index (χ1v) is 11.6. The molecule has 4 aromatic rings. The van der Waals surface area contributed by atoms with Crippen LogP contribution in [0, 0.1) is 20.8 Å². The fraction of sp³-hybridized carbons (Fsp3) is 0.240. The lowest BCUT2D eigenvalue weighted by Crippen LogP contribution is -2.25. The topological polar surface area (TPSA) is 64.7 Å². The molecular weight excluding hydrogens is 418 g/mol. The molecule has 0 saturated heterocycles. The third kappa shape index (κ3) is 5.11. The second-order valence-corrected chi connectivity index (χ2v) is 8.72. The number of aromatic nitrogens is 4. The van der Waals surface area contributed by atoms with Gasteiger partial charge in [0.1, 0.15) is 0 Å². The van der Waals surface area contributed by atoms with Gasteiger partial charge >= 0.3 is 0 Å². The molecule has 0 aliphatic carbocycles. The smallest absolute Gasteiger partial charge is 0.230 e. The van der Waals surface area contributed by atoms with Gasteiger partial charge < -0.3 is 5.32 Å². The molecule has 0 bridgehead atoms. The van der Waals surface area contributed by atoms with Gasteiger partial charge in [-0.2, -0.15) is 5.10 Å². The van der Waals surface area contributed by atoms with Gasteiger partial charge in [-0.25, -0.2) is 4.98 Å². The maximum atomic E-state index is 12.5. The van der Waals surface area contributed by atoms with Crippen molar-refractivity contribution in [2.24, 2.45) is 0 Å². The Morgan fingerprint density at radius 1 is 1.06 bits per heavy atom. The van der Waals surface area contributed by atoms with Crippen LogP contribution in [0.15, 0.2) is 72.1 Å². The van der Waals surface area contributed by atoms with Gasteiger partial charge in [-0.1, -0.05) is 54.2 Å². The number of thioether (sulfide) groups is 1. The summed E-state index contributed by atoms with van der Waals surface area (Å²) < 4.78 is 4.01. The third-order valence-corrected chi connectivity index (χ3v) is 6.35. The first-order chi connectivity index (χ1) is 15.5. The summed E-state index contributed by atoms with van der Waals surface area (Å²) in [5.41, 5.74) is 6.52. The van der Waals surface area contributed by atoms with Crippen molar-refractivity contribution in [2.75, 3.05) is 5.75 Å². The van der Waals surface area contributed by atoms with Gasteiger partial charge in [-0.15, -0.1) is 0 Å². The van der Waals surface area contributed by atoms with Crippen LogP contribution in [0.4, 0.5) is 0 Å². The van der Waals surface area contributed by atoms with Gasteiger partial charge in [-0.05, 0) is 44.0 Å². The lowest BCUT2D eigenvalue weighted by atomic mass is 10.2. The van der Waals surface area contributed by atoms with Crippen molar-refractivity contribution in [3.05, 3.63) is 95.1 Å². The minimum Gasteiger partial charge on any atom is -0.351 e. The SMILES string of the molecule is Cc1cccc(-n2ccnc2SCC(=O)NCc2c(C)nn(Cc3ccccc3)c2C)c1. The molecule has 0 fully saturated rings. The zero-order valence-electron chi connectivity index (χ0n) is 18.6. The average molecular weight is 446 g/mol. The molecule has 0 aliphatic rings. The minimum absolute atomic E-state index is 0.0246. The summed E-state index contributed by atoms with van der Waals surface area (Å²) in [5.74, 6) is 0.280. The van der Waals surface area contributed by atoms with Crippen LogP contribution < -0.4 is 5.32 Å². The number of hydrogen-bond donors (Lipinski definition) is 1. The van der Waals surface area contributed by atoms with Crippen LogP contribution in [0.1, 0.15) is 28.1 Å². The molecule has 164 valence electrons. The number of imidazole rings is 1. The van der Waals surface area contributed by atoms with Crippen molar-refractivity contribution < 1.29 is 4.79 Å². The average Bonchev–Trinajstić information content (AvgIpc) is 3.36. The first kappa shape index (κ1) is 21.9. The van der Waals surface area contributed by atoms with E-state index in [2.05, 4.69) is 53.5 Å². The third-order valence-electron chi connectivity index (χ3n) is 5.39. The lowest BCUT2D eigenvalue weighted by Gasteiger charge is -2.09. The van der Waals surface area contributed by atoms with Crippen molar-refractivity contribution in [2.45, 2.75) is 39.0 Å². The van der Waals surface area contributed by atoms with Crippen LogP contribution in [0.25, 0.3) is 5.69 Å². The Labute approximate surface area is 192 Å². The predicted molar refractivity (Wildman–Crippen MR) is 128 cm³/mol. The number of benzene rings is 2. The number of amides is 1. The highest BCUT2D eigenvalue weighted by Crippen LogP contribution is 2.21. The van der Waals surface area contributed by atoms with Crippen molar-refractivity contribution >= 4 is 17.7 Å². The van der Waals surface area contributed by atoms with Crippen LogP contribution in [0.5, 0.6) is 0 Å². The Morgan fingerprint density at radius 3 is 2.66 bits per heavy atom. The summed E-state index contributed by atoms with van der Waals surface area (Å²) in [6.07, 6.45) is 3.68. The number of nitrogens with zero attached hydrogens (tertiary/aromatic N) is 4. The highest BCUT2D eigenvalue weighted by molar-refractivity contribution is 7.99. The maximum absolute atomic E-state index is 12.5. The summed E-state index contributed by atoms with van der Waals surface area (Å²) in [6, 6.07) is 18.5. The number of hydrogen-bond acceptors (Lipinski definition) is 4. The quantitative estimate of drug-likeness (QED) is 0.407. The van der Waals surface area contributed by atoms with Crippen molar-refractivity contribution in [1.82, 2.24) is 24.6 Å². The van der Waals surface area contributed by atoms with Gasteiger partial charge in [0.25, 0.3) is 0 Å². The van der Waals surface area contributed by atoms with E-state index >= 15 is 0 Å². The first-order valence-electron chi connectivity index (χ1n) is 10.6. The van der Waals surface area contributed by atoms with E-state index in [9.17, 15) is 4.79 Å². The molecule has 4 rings (SSSR count). The van der Waals surface area contributed by atoms with Gasteiger partial charge in [0.2, 0.25) is 5.91 Å². The standard InChI is InChI=1S/C25H27N5OS/c1-18-8-7-11-22(14-18)29-13-12-26-25(29)32-17-24(31)27-15-23-19(2)28-30(20(23)3)16-21-9-5-4-6-10-21/h4-14H,15-17H2,1-3H3,(H,27,31). The molecule has 0 spiro atoms. The van der Waals surface area contributed by atoms with E-state index in [4.69, 9.17) is 0 Å². The molecule has 1 N–H and O–H groups in total. The summed E-state index contributed by atoms with van der Waals surface area (Å²) in [6.45, 7) is 7.30. The van der Waals surface area contributed by atoms with Crippen LogP contribution in [0.3, 0.4) is 0 Å². The highest BCUT2D eigenvalue weighted by atomic mass is 32.2. The minimum atomic E-state index is -0.0246. The predicted octanol–water partition coefficient (Wildman–Crippen LogP) is 4.45. The monoisotopic (exact) mass is 445 g/mol. The highest BCUT2D eigenvalue weighted by Gasteiger charge is 2.14. The van der Waals surface area contributed by atoms with E-state index in [0.29, 0.717) is 12.3 Å². The molecule has 2 heterocycles. The van der Waals surface area contributed by atoms with E-state index in [0.717, 1.165) is 34.3 Å². The molecule has 6 nitrogen and oxygen atoms in total. The number of carbonyl (C=O) groups excluding carboxylic acids is 1. The summed E-state index contributed by atoms with van der Waals surface area (Å²) >= 11 is 1.43. The summed E-state index contributed by atoms with van der Waals surface area (Å²) in [4.78, 5) is 17.0. The van der Waals surface area contributed by atoms with Crippen LogP contribution in [0.2, 0.25) is 0 Å². The maximum Gasteiger partial charge on any atom is 0.230 e. The summed E-state index contributed by atoms with van der Waals surface area (Å²) in [7, 11) is 0.